The van der Waals surface area contributed by atoms with Crippen molar-refractivity contribution in [2.45, 2.75) is 25.3 Å². The zero-order chi connectivity index (χ0) is 12.5. The third-order valence-electron chi connectivity index (χ3n) is 3.93. The van der Waals surface area contributed by atoms with Crippen LogP contribution < -0.4 is 10.6 Å². The van der Waals surface area contributed by atoms with Crippen molar-refractivity contribution in [3.8, 4) is 0 Å². The van der Waals surface area contributed by atoms with Gasteiger partial charge in [0.15, 0.2) is 0 Å². The summed E-state index contributed by atoms with van der Waals surface area (Å²) in [7, 11) is 0. The van der Waals surface area contributed by atoms with Crippen molar-refractivity contribution in [2.24, 2.45) is 5.92 Å². The van der Waals surface area contributed by atoms with Crippen molar-refractivity contribution in [1.29, 1.82) is 0 Å². The van der Waals surface area contributed by atoms with Gasteiger partial charge in [-0.3, -0.25) is 4.68 Å². The molecule has 1 aromatic rings. The minimum Gasteiger partial charge on any atom is -0.379 e. The molecule has 2 aliphatic heterocycles. The molecule has 18 heavy (non-hydrogen) atoms. The van der Waals surface area contributed by atoms with E-state index in [2.05, 4.69) is 36.5 Å². The third kappa shape index (κ3) is 1.91. The van der Waals surface area contributed by atoms with E-state index in [1.54, 1.807) is 0 Å². The van der Waals surface area contributed by atoms with Crippen LogP contribution in [0.3, 0.4) is 0 Å². The van der Waals surface area contributed by atoms with Crippen molar-refractivity contribution in [3.05, 3.63) is 16.0 Å². The van der Waals surface area contributed by atoms with Crippen molar-refractivity contribution in [1.82, 2.24) is 15.1 Å². The number of hydrogen-bond donors (Lipinski definition) is 2. The molecule has 0 amide bonds. The minimum atomic E-state index is 0.440. The van der Waals surface area contributed by atoms with Crippen LogP contribution in [0.1, 0.15) is 25.3 Å². The maximum absolute atomic E-state index is 7.24. The minimum absolute atomic E-state index is 0.440. The van der Waals surface area contributed by atoms with Crippen LogP contribution in [0.15, 0.2) is 4.60 Å². The maximum Gasteiger partial charge on any atom is 0.261 e. The molecular formula is C12H16BrN5. The standard InChI is InChI=1S/C12H16BrN5/c1-14-10-11(13)17-18-9(4-7-16-12(10)18)8-2-5-15-6-3-8/h8-9,15-16H,2-7H2. The third-order valence-corrected chi connectivity index (χ3v) is 4.46. The summed E-state index contributed by atoms with van der Waals surface area (Å²) in [6.45, 7) is 10.4. The summed E-state index contributed by atoms with van der Waals surface area (Å²) < 4.78 is 2.71. The highest BCUT2D eigenvalue weighted by Crippen LogP contribution is 2.41. The largest absolute Gasteiger partial charge is 0.379 e. The van der Waals surface area contributed by atoms with Crippen LogP contribution in [-0.2, 0) is 0 Å². The van der Waals surface area contributed by atoms with Gasteiger partial charge < -0.3 is 10.6 Å². The molecule has 1 aromatic heterocycles. The summed E-state index contributed by atoms with van der Waals surface area (Å²) in [5.41, 5.74) is 0.619. The van der Waals surface area contributed by atoms with Crippen molar-refractivity contribution in [2.75, 3.05) is 25.0 Å². The van der Waals surface area contributed by atoms with Crippen molar-refractivity contribution < 1.29 is 0 Å². The summed E-state index contributed by atoms with van der Waals surface area (Å²) >= 11 is 3.39. The number of rotatable bonds is 1. The van der Waals surface area contributed by atoms with Crippen LogP contribution in [0.4, 0.5) is 11.5 Å². The van der Waals surface area contributed by atoms with Gasteiger partial charge >= 0.3 is 0 Å². The summed E-state index contributed by atoms with van der Waals surface area (Å²) in [4.78, 5) is 3.57. The number of hydrogen-bond acceptors (Lipinski definition) is 3. The van der Waals surface area contributed by atoms with E-state index in [-0.39, 0.29) is 0 Å². The number of aromatic nitrogens is 2. The summed E-state index contributed by atoms with van der Waals surface area (Å²) in [5, 5.41) is 11.2. The summed E-state index contributed by atoms with van der Waals surface area (Å²) in [6.07, 6.45) is 3.51. The lowest BCUT2D eigenvalue weighted by Gasteiger charge is -2.35. The fourth-order valence-electron chi connectivity index (χ4n) is 3.03. The van der Waals surface area contributed by atoms with E-state index in [4.69, 9.17) is 6.57 Å². The predicted octanol–water partition coefficient (Wildman–Crippen LogP) is 2.55. The molecule has 3 rings (SSSR count). The van der Waals surface area contributed by atoms with Gasteiger partial charge in [0, 0.05) is 6.54 Å². The molecule has 6 heteroatoms. The Bertz CT molecular complexity index is 483. The van der Waals surface area contributed by atoms with Crippen LogP contribution in [0, 0.1) is 12.5 Å². The fraction of sp³-hybridized carbons (Fsp3) is 0.667. The molecule has 1 fully saturated rings. The van der Waals surface area contributed by atoms with E-state index in [1.165, 1.54) is 12.8 Å². The van der Waals surface area contributed by atoms with E-state index < -0.39 is 0 Å². The monoisotopic (exact) mass is 309 g/mol. The van der Waals surface area contributed by atoms with Crippen molar-refractivity contribution >= 4 is 27.4 Å². The molecule has 2 N–H and O–H groups in total. The molecule has 0 radical (unpaired) electrons. The quantitative estimate of drug-likeness (QED) is 0.784. The summed E-state index contributed by atoms with van der Waals surface area (Å²) in [6, 6.07) is 0.440. The van der Waals surface area contributed by atoms with E-state index in [9.17, 15) is 0 Å². The van der Waals surface area contributed by atoms with E-state index in [0.717, 1.165) is 31.9 Å². The Balaban J connectivity index is 1.94. The molecule has 2 aliphatic rings. The topological polar surface area (TPSA) is 46.2 Å². The number of piperidine rings is 1. The second-order valence-corrected chi connectivity index (χ2v) is 5.67. The molecule has 0 bridgehead atoms. The smallest absolute Gasteiger partial charge is 0.261 e. The second-order valence-electron chi connectivity index (χ2n) is 4.91. The molecule has 0 aromatic carbocycles. The van der Waals surface area contributed by atoms with Gasteiger partial charge in [-0.05, 0) is 54.2 Å². The Morgan fingerprint density at radius 3 is 2.78 bits per heavy atom. The number of fused-ring (bicyclic) bond motifs is 1. The molecule has 5 nitrogen and oxygen atoms in total. The van der Waals surface area contributed by atoms with Gasteiger partial charge in [-0.1, -0.05) is 0 Å². The van der Waals surface area contributed by atoms with Gasteiger partial charge in [-0.15, -0.1) is 0 Å². The SMILES string of the molecule is [C-]#[N+]c1c(Br)nn2c1NCCC2C1CCNCC1. The van der Waals surface area contributed by atoms with Gasteiger partial charge in [0.25, 0.3) is 5.69 Å². The molecule has 1 atom stereocenters. The Morgan fingerprint density at radius 2 is 2.06 bits per heavy atom. The normalized spacial score (nSPS) is 24.1. The average molecular weight is 310 g/mol. The Morgan fingerprint density at radius 1 is 1.28 bits per heavy atom. The Kier molecular flexibility index (Phi) is 3.27. The van der Waals surface area contributed by atoms with Gasteiger partial charge in [0.05, 0.1) is 12.6 Å². The molecule has 1 unspecified atom stereocenters. The first-order chi connectivity index (χ1) is 8.81. The highest BCUT2D eigenvalue weighted by Gasteiger charge is 2.32. The number of anilines is 1. The first-order valence-electron chi connectivity index (χ1n) is 6.41. The zero-order valence-corrected chi connectivity index (χ0v) is 11.7. The first-order valence-corrected chi connectivity index (χ1v) is 7.20. The van der Waals surface area contributed by atoms with Crippen LogP contribution in [0.2, 0.25) is 0 Å². The Hall–Kier alpha value is -1.06. The van der Waals surface area contributed by atoms with Gasteiger partial charge in [-0.25, -0.2) is 4.85 Å². The van der Waals surface area contributed by atoms with Crippen molar-refractivity contribution in [3.63, 3.8) is 0 Å². The second kappa shape index (κ2) is 4.90. The molecule has 96 valence electrons. The van der Waals surface area contributed by atoms with E-state index >= 15 is 0 Å². The predicted molar refractivity (Wildman–Crippen MR) is 73.9 cm³/mol. The van der Waals surface area contributed by atoms with Gasteiger partial charge in [-0.2, -0.15) is 5.10 Å². The lowest BCUT2D eigenvalue weighted by molar-refractivity contribution is 0.231. The number of nitrogens with one attached hydrogen (secondary N) is 2. The van der Waals surface area contributed by atoms with Gasteiger partial charge in [0.2, 0.25) is 0 Å². The fourth-order valence-corrected chi connectivity index (χ4v) is 3.47. The molecule has 0 aliphatic carbocycles. The zero-order valence-electron chi connectivity index (χ0n) is 10.1. The number of halogens is 1. The highest BCUT2D eigenvalue weighted by molar-refractivity contribution is 9.10. The van der Waals surface area contributed by atoms with Gasteiger partial charge in [0.1, 0.15) is 10.4 Å². The number of nitrogens with zero attached hydrogens (tertiary/aromatic N) is 3. The first kappa shape index (κ1) is 12.0. The van der Waals surface area contributed by atoms with Crippen LogP contribution in [0.5, 0.6) is 0 Å². The maximum atomic E-state index is 7.24. The lowest BCUT2D eigenvalue weighted by Crippen LogP contribution is -2.36. The van der Waals surface area contributed by atoms with E-state index in [1.807, 2.05) is 4.68 Å². The lowest BCUT2D eigenvalue weighted by atomic mass is 9.88. The molecular weight excluding hydrogens is 294 g/mol. The Labute approximate surface area is 115 Å². The average Bonchev–Trinajstić information content (AvgIpc) is 2.74. The molecule has 1 saturated heterocycles. The van der Waals surface area contributed by atoms with Crippen LogP contribution in [0.25, 0.3) is 4.85 Å². The molecule has 3 heterocycles. The highest BCUT2D eigenvalue weighted by atomic mass is 79.9. The van der Waals surface area contributed by atoms with Crippen LogP contribution in [-0.4, -0.2) is 29.4 Å². The summed E-state index contributed by atoms with van der Waals surface area (Å²) in [5.74, 6) is 1.57. The van der Waals surface area contributed by atoms with Crippen LogP contribution >= 0.6 is 15.9 Å². The van der Waals surface area contributed by atoms with E-state index in [0.29, 0.717) is 22.3 Å². The molecule has 0 saturated carbocycles. The molecule has 0 spiro atoms.